The smallest absolute Gasteiger partial charge is 0.475 e. The van der Waals surface area contributed by atoms with Gasteiger partial charge >= 0.3 is 18.1 Å². The number of hydrogen-bond donors (Lipinski definition) is 2. The zero-order valence-corrected chi connectivity index (χ0v) is 11.5. The number of halogens is 3. The number of ether oxygens (including phenoxy) is 1. The Morgan fingerprint density at radius 1 is 1.16 bits per heavy atom. The number of carboxylic acid groups (broad SMARTS) is 1. The van der Waals surface area contributed by atoms with Crippen LogP contribution in [0.4, 0.5) is 13.2 Å². The average molecular weight is 287 g/mol. The highest BCUT2D eigenvalue weighted by atomic mass is 19.4. The van der Waals surface area contributed by atoms with E-state index in [0.717, 1.165) is 0 Å². The van der Waals surface area contributed by atoms with Gasteiger partial charge in [-0.2, -0.15) is 13.2 Å². The molecule has 0 fully saturated rings. The molecule has 5 nitrogen and oxygen atoms in total. The molecule has 0 aromatic carbocycles. The van der Waals surface area contributed by atoms with Gasteiger partial charge in [0, 0.05) is 0 Å². The molecule has 0 radical (unpaired) electrons. The summed E-state index contributed by atoms with van der Waals surface area (Å²) in [6, 6.07) is -0.510. The number of esters is 1. The van der Waals surface area contributed by atoms with Crippen LogP contribution < -0.4 is 5.73 Å². The van der Waals surface area contributed by atoms with Crippen molar-refractivity contribution in [1.82, 2.24) is 0 Å². The first-order valence-corrected chi connectivity index (χ1v) is 5.47. The van der Waals surface area contributed by atoms with Crippen LogP contribution in [0.2, 0.25) is 0 Å². The van der Waals surface area contributed by atoms with E-state index in [9.17, 15) is 18.0 Å². The topological polar surface area (TPSA) is 89.6 Å². The highest BCUT2D eigenvalue weighted by Gasteiger charge is 2.38. The van der Waals surface area contributed by atoms with Gasteiger partial charge in [-0.3, -0.25) is 4.79 Å². The number of nitrogens with two attached hydrogens (primary N) is 1. The molecule has 0 aliphatic rings. The van der Waals surface area contributed by atoms with Crippen LogP contribution in [0.3, 0.4) is 0 Å². The quantitative estimate of drug-likeness (QED) is 0.758. The van der Waals surface area contributed by atoms with Gasteiger partial charge in [0.25, 0.3) is 0 Å². The molecule has 0 unspecified atom stereocenters. The molecule has 0 aliphatic heterocycles. The Bertz CT molecular complexity index is 308. The Balaban J connectivity index is 0. The Morgan fingerprint density at radius 3 is 1.63 bits per heavy atom. The lowest BCUT2D eigenvalue weighted by molar-refractivity contribution is -0.192. The van der Waals surface area contributed by atoms with Crippen molar-refractivity contribution in [2.45, 2.75) is 52.4 Å². The standard InChI is InChI=1S/C9H19NO2.C2HF3O2/c1-6(2)7(10)8(11)12-9(3,4)5;3-2(4,5)1(6)7/h6-7H,10H2,1-5H3;(H,6,7)/t7-;/m0./s1. The summed E-state index contributed by atoms with van der Waals surface area (Å²) >= 11 is 0. The zero-order chi connectivity index (χ0) is 16.0. The van der Waals surface area contributed by atoms with Crippen LogP contribution in [-0.4, -0.2) is 34.9 Å². The van der Waals surface area contributed by atoms with Crippen molar-refractivity contribution in [1.29, 1.82) is 0 Å². The second-order valence-corrected chi connectivity index (χ2v) is 5.11. The van der Waals surface area contributed by atoms with Crippen LogP contribution in [0.25, 0.3) is 0 Å². The summed E-state index contributed by atoms with van der Waals surface area (Å²) in [5.41, 5.74) is 5.15. The van der Waals surface area contributed by atoms with E-state index in [0.29, 0.717) is 0 Å². The van der Waals surface area contributed by atoms with Crippen molar-refractivity contribution in [3.05, 3.63) is 0 Å². The number of alkyl halides is 3. The van der Waals surface area contributed by atoms with E-state index in [1.807, 2.05) is 34.6 Å². The van der Waals surface area contributed by atoms with Gasteiger partial charge in [-0.05, 0) is 26.7 Å². The van der Waals surface area contributed by atoms with E-state index < -0.39 is 23.8 Å². The number of rotatable bonds is 2. The largest absolute Gasteiger partial charge is 0.490 e. The van der Waals surface area contributed by atoms with E-state index >= 15 is 0 Å². The summed E-state index contributed by atoms with van der Waals surface area (Å²) in [5, 5.41) is 7.12. The van der Waals surface area contributed by atoms with Crippen LogP contribution in [0, 0.1) is 5.92 Å². The minimum atomic E-state index is -5.08. The van der Waals surface area contributed by atoms with Crippen molar-refractivity contribution < 1.29 is 32.6 Å². The zero-order valence-electron chi connectivity index (χ0n) is 11.5. The van der Waals surface area contributed by atoms with Crippen LogP contribution >= 0.6 is 0 Å². The lowest BCUT2D eigenvalue weighted by Crippen LogP contribution is -2.40. The maximum atomic E-state index is 11.3. The molecule has 0 bridgehead atoms. The molecule has 1 atom stereocenters. The van der Waals surface area contributed by atoms with Gasteiger partial charge in [-0.15, -0.1) is 0 Å². The van der Waals surface area contributed by atoms with Gasteiger partial charge < -0.3 is 15.6 Å². The summed E-state index contributed by atoms with van der Waals surface area (Å²) in [7, 11) is 0. The van der Waals surface area contributed by atoms with Crippen molar-refractivity contribution in [2.75, 3.05) is 0 Å². The fourth-order valence-electron chi connectivity index (χ4n) is 0.642. The average Bonchev–Trinajstić information content (AvgIpc) is 2.12. The van der Waals surface area contributed by atoms with E-state index in [1.165, 1.54) is 0 Å². The summed E-state index contributed by atoms with van der Waals surface area (Å²) in [6.07, 6.45) is -5.08. The van der Waals surface area contributed by atoms with Gasteiger partial charge in [-0.1, -0.05) is 13.8 Å². The molecule has 19 heavy (non-hydrogen) atoms. The summed E-state index contributed by atoms with van der Waals surface area (Å²) in [5.74, 6) is -2.95. The second-order valence-electron chi connectivity index (χ2n) is 5.11. The van der Waals surface area contributed by atoms with Gasteiger partial charge in [0.15, 0.2) is 0 Å². The molecule has 0 heterocycles. The number of carboxylic acids is 1. The molecule has 0 spiro atoms. The molecule has 0 amide bonds. The molecule has 0 aromatic rings. The normalized spacial score (nSPS) is 13.4. The van der Waals surface area contributed by atoms with Gasteiger partial charge in [0.2, 0.25) is 0 Å². The van der Waals surface area contributed by atoms with Crippen LogP contribution in [-0.2, 0) is 14.3 Å². The fraction of sp³-hybridized carbons (Fsp3) is 0.818. The van der Waals surface area contributed by atoms with Crippen LogP contribution in [0.5, 0.6) is 0 Å². The predicted molar refractivity (Wildman–Crippen MR) is 62.3 cm³/mol. The summed E-state index contributed by atoms with van der Waals surface area (Å²) < 4.78 is 36.8. The highest BCUT2D eigenvalue weighted by molar-refractivity contribution is 5.76. The molecule has 0 aromatic heterocycles. The first kappa shape index (κ1) is 20.0. The fourth-order valence-corrected chi connectivity index (χ4v) is 0.642. The second kappa shape index (κ2) is 7.32. The van der Waals surface area contributed by atoms with Crippen molar-refractivity contribution in [3.8, 4) is 0 Å². The number of carbonyl (C=O) groups is 2. The maximum Gasteiger partial charge on any atom is 0.490 e. The maximum absolute atomic E-state index is 11.3. The Hall–Kier alpha value is -1.31. The van der Waals surface area contributed by atoms with Gasteiger partial charge in [-0.25, -0.2) is 4.79 Å². The third kappa shape index (κ3) is 11.5. The minimum absolute atomic E-state index is 0.125. The molecular weight excluding hydrogens is 267 g/mol. The van der Waals surface area contributed by atoms with Crippen LogP contribution in [0.1, 0.15) is 34.6 Å². The SMILES string of the molecule is CC(C)[C@H](N)C(=O)OC(C)(C)C.O=C(O)C(F)(F)F. The van der Waals surface area contributed by atoms with E-state index in [1.54, 1.807) is 0 Å². The molecule has 0 rings (SSSR count). The van der Waals surface area contributed by atoms with Crippen molar-refractivity contribution >= 4 is 11.9 Å². The molecular formula is C11H20F3NO4. The number of aliphatic carboxylic acids is 1. The molecule has 8 heteroatoms. The highest BCUT2D eigenvalue weighted by Crippen LogP contribution is 2.13. The molecule has 0 saturated carbocycles. The monoisotopic (exact) mass is 287 g/mol. The first-order valence-electron chi connectivity index (χ1n) is 5.47. The third-order valence-corrected chi connectivity index (χ3v) is 1.64. The van der Waals surface area contributed by atoms with E-state index in [4.69, 9.17) is 20.4 Å². The first-order chi connectivity index (χ1) is 8.18. The molecule has 0 aliphatic carbocycles. The molecule has 3 N–H and O–H groups in total. The number of hydrogen-bond acceptors (Lipinski definition) is 4. The summed E-state index contributed by atoms with van der Waals surface area (Å²) in [4.78, 5) is 20.1. The number of carbonyl (C=O) groups excluding carboxylic acids is 1. The van der Waals surface area contributed by atoms with E-state index in [2.05, 4.69) is 0 Å². The summed E-state index contributed by atoms with van der Waals surface area (Å²) in [6.45, 7) is 9.29. The van der Waals surface area contributed by atoms with Gasteiger partial charge in [0.05, 0.1) is 0 Å². The third-order valence-electron chi connectivity index (χ3n) is 1.64. The predicted octanol–water partition coefficient (Wildman–Crippen LogP) is 1.94. The Labute approximate surface area is 109 Å². The van der Waals surface area contributed by atoms with Crippen LogP contribution in [0.15, 0.2) is 0 Å². The molecule has 0 saturated heterocycles. The lowest BCUT2D eigenvalue weighted by Gasteiger charge is -2.23. The lowest BCUT2D eigenvalue weighted by atomic mass is 10.1. The Kier molecular flexibility index (Phi) is 7.71. The minimum Gasteiger partial charge on any atom is -0.475 e. The Morgan fingerprint density at radius 2 is 1.47 bits per heavy atom. The van der Waals surface area contributed by atoms with Gasteiger partial charge in [0.1, 0.15) is 11.6 Å². The van der Waals surface area contributed by atoms with Crippen molar-refractivity contribution in [2.24, 2.45) is 11.7 Å². The van der Waals surface area contributed by atoms with Crippen molar-refractivity contribution in [3.63, 3.8) is 0 Å². The van der Waals surface area contributed by atoms with E-state index in [-0.39, 0.29) is 11.9 Å². The molecule has 114 valence electrons.